The molecule has 0 amide bonds. The van der Waals surface area contributed by atoms with Crippen molar-refractivity contribution in [1.29, 1.82) is 0 Å². The lowest BCUT2D eigenvalue weighted by Gasteiger charge is -2.40. The van der Waals surface area contributed by atoms with Crippen molar-refractivity contribution in [3.8, 4) is 5.75 Å². The molecule has 0 spiro atoms. The molecule has 1 fully saturated rings. The number of hydrogen-bond acceptors (Lipinski definition) is 11. The van der Waals surface area contributed by atoms with Gasteiger partial charge in [0.05, 0.1) is 13.2 Å². The number of ether oxygens (including phenoxy) is 6. The highest BCUT2D eigenvalue weighted by atomic mass is 19.1. The SMILES string of the molecule is CCCCOc1ccc(CC(N)(CF)C(=O)CO[C@@H]2OC[C@@H](OC(=O)CCC)[C@H](OC(=O)CCC)[C@H]2OC(=O)CCC)cc1. The van der Waals surface area contributed by atoms with Gasteiger partial charge in [-0.1, -0.05) is 46.2 Å². The fraction of sp³-hybridized carbons (Fsp3) is 0.688. The molecule has 1 aromatic carbocycles. The molecule has 0 aromatic heterocycles. The van der Waals surface area contributed by atoms with E-state index in [1.807, 2.05) is 0 Å². The van der Waals surface area contributed by atoms with E-state index in [1.165, 1.54) is 0 Å². The number of benzene rings is 1. The normalized spacial score (nSPS) is 21.1. The van der Waals surface area contributed by atoms with E-state index in [9.17, 15) is 23.6 Å². The second-order valence-corrected chi connectivity index (χ2v) is 10.9. The quantitative estimate of drug-likeness (QED) is 0.126. The molecule has 1 heterocycles. The summed E-state index contributed by atoms with van der Waals surface area (Å²) >= 11 is 0. The first-order valence-corrected chi connectivity index (χ1v) is 15.5. The monoisotopic (exact) mass is 625 g/mol. The van der Waals surface area contributed by atoms with Crippen LogP contribution in [-0.2, 0) is 49.3 Å². The first-order valence-electron chi connectivity index (χ1n) is 15.5. The largest absolute Gasteiger partial charge is 0.494 e. The van der Waals surface area contributed by atoms with Crippen LogP contribution in [-0.4, -0.2) is 80.3 Å². The van der Waals surface area contributed by atoms with Crippen molar-refractivity contribution < 1.29 is 52.0 Å². The molecule has 1 unspecified atom stereocenters. The molecule has 12 heteroatoms. The number of unbranched alkanes of at least 4 members (excludes halogenated alkanes) is 1. The summed E-state index contributed by atoms with van der Waals surface area (Å²) in [7, 11) is 0. The molecule has 0 saturated carbocycles. The maximum atomic E-state index is 14.2. The van der Waals surface area contributed by atoms with Gasteiger partial charge < -0.3 is 34.2 Å². The van der Waals surface area contributed by atoms with Crippen LogP contribution in [0.5, 0.6) is 5.75 Å². The van der Waals surface area contributed by atoms with E-state index in [1.54, 1.807) is 45.0 Å². The molecular formula is C32H48FNO10. The van der Waals surface area contributed by atoms with E-state index in [0.717, 1.165) is 12.8 Å². The number of ketones is 1. The van der Waals surface area contributed by atoms with E-state index in [2.05, 4.69) is 6.92 Å². The van der Waals surface area contributed by atoms with Crippen LogP contribution in [0.2, 0.25) is 0 Å². The van der Waals surface area contributed by atoms with Crippen molar-refractivity contribution >= 4 is 23.7 Å². The van der Waals surface area contributed by atoms with Crippen molar-refractivity contribution in [2.75, 3.05) is 26.5 Å². The minimum absolute atomic E-state index is 0.0499. The van der Waals surface area contributed by atoms with Crippen molar-refractivity contribution in [3.63, 3.8) is 0 Å². The average Bonchev–Trinajstić information content (AvgIpc) is 2.99. The van der Waals surface area contributed by atoms with Crippen LogP contribution in [0.25, 0.3) is 0 Å². The minimum atomic E-state index is -1.90. The summed E-state index contributed by atoms with van der Waals surface area (Å²) in [4.78, 5) is 50.6. The zero-order valence-electron chi connectivity index (χ0n) is 26.3. The molecule has 0 radical (unpaired) electrons. The second kappa shape index (κ2) is 19.3. The molecular weight excluding hydrogens is 577 g/mol. The number of halogens is 1. The molecule has 2 N–H and O–H groups in total. The van der Waals surface area contributed by atoms with Crippen molar-refractivity contribution in [3.05, 3.63) is 29.8 Å². The average molecular weight is 626 g/mol. The number of esters is 3. The Morgan fingerprint density at radius 2 is 1.43 bits per heavy atom. The predicted molar refractivity (Wildman–Crippen MR) is 159 cm³/mol. The van der Waals surface area contributed by atoms with Crippen molar-refractivity contribution in [2.24, 2.45) is 5.73 Å². The molecule has 2 rings (SSSR count). The zero-order chi connectivity index (χ0) is 32.5. The molecule has 1 aliphatic heterocycles. The first kappa shape index (κ1) is 37.1. The first-order chi connectivity index (χ1) is 21.1. The van der Waals surface area contributed by atoms with Gasteiger partial charge in [0.2, 0.25) is 0 Å². The van der Waals surface area contributed by atoms with Gasteiger partial charge in [0.1, 0.15) is 24.6 Å². The Kier molecular flexibility index (Phi) is 16.3. The summed E-state index contributed by atoms with van der Waals surface area (Å²) < 4.78 is 48.1. The molecule has 44 heavy (non-hydrogen) atoms. The lowest BCUT2D eigenvalue weighted by molar-refractivity contribution is -0.280. The van der Waals surface area contributed by atoms with Gasteiger partial charge in [0.25, 0.3) is 0 Å². The van der Waals surface area contributed by atoms with Gasteiger partial charge in [-0.05, 0) is 43.4 Å². The standard InChI is InChI=1S/C32H48FNO10/c1-5-9-17-39-23-15-13-22(14-16-23)18-32(34,21-33)25(35)20-41-31-30(44-28(38)12-8-4)29(43-27(37)11-7-3)24(19-40-31)42-26(36)10-6-2/h13-16,24,29-31H,5-12,17-21,34H2,1-4H3/t24-,29+,30-,31+,32?/m1/s1. The zero-order valence-corrected chi connectivity index (χ0v) is 26.3. The van der Waals surface area contributed by atoms with E-state index < -0.39 is 67.1 Å². The van der Waals surface area contributed by atoms with Crippen molar-refractivity contribution in [1.82, 2.24) is 0 Å². The highest BCUT2D eigenvalue weighted by Crippen LogP contribution is 2.27. The van der Waals surface area contributed by atoms with E-state index in [-0.39, 0.29) is 32.3 Å². The summed E-state index contributed by atoms with van der Waals surface area (Å²) in [5, 5.41) is 0. The number of nitrogens with two attached hydrogens (primary N) is 1. The molecule has 1 saturated heterocycles. The lowest BCUT2D eigenvalue weighted by atomic mass is 9.89. The number of carbonyl (C=O) groups is 4. The van der Waals surface area contributed by atoms with Gasteiger partial charge in [0, 0.05) is 25.7 Å². The Morgan fingerprint density at radius 1 is 0.864 bits per heavy atom. The Morgan fingerprint density at radius 3 is 1.98 bits per heavy atom. The fourth-order valence-electron chi connectivity index (χ4n) is 4.44. The third-order valence-corrected chi connectivity index (χ3v) is 6.95. The van der Waals surface area contributed by atoms with Crippen LogP contribution in [0.4, 0.5) is 4.39 Å². The van der Waals surface area contributed by atoms with Gasteiger partial charge in [-0.25, -0.2) is 4.39 Å². The Balaban J connectivity index is 2.20. The number of Topliss-reactive ketones (excluding diaryl/α,β-unsaturated/α-hetero) is 1. The van der Waals surface area contributed by atoms with Gasteiger partial charge >= 0.3 is 17.9 Å². The smallest absolute Gasteiger partial charge is 0.306 e. The summed E-state index contributed by atoms with van der Waals surface area (Å²) in [6, 6.07) is 6.91. The van der Waals surface area contributed by atoms with Crippen LogP contribution >= 0.6 is 0 Å². The van der Waals surface area contributed by atoms with E-state index >= 15 is 0 Å². The van der Waals surface area contributed by atoms with E-state index in [4.69, 9.17) is 34.2 Å². The van der Waals surface area contributed by atoms with Crippen LogP contribution in [0.1, 0.15) is 84.6 Å². The third-order valence-electron chi connectivity index (χ3n) is 6.95. The maximum absolute atomic E-state index is 14.2. The molecule has 1 aliphatic rings. The Labute approximate surface area is 259 Å². The molecule has 1 aromatic rings. The highest BCUT2D eigenvalue weighted by Gasteiger charge is 2.48. The molecule has 11 nitrogen and oxygen atoms in total. The summed E-state index contributed by atoms with van der Waals surface area (Å²) in [5.74, 6) is -1.85. The third kappa shape index (κ3) is 11.8. The number of rotatable bonds is 20. The second-order valence-electron chi connectivity index (χ2n) is 10.9. The molecule has 248 valence electrons. The maximum Gasteiger partial charge on any atom is 0.306 e. The summed E-state index contributed by atoms with van der Waals surface area (Å²) in [6.45, 7) is 5.93. The van der Waals surface area contributed by atoms with E-state index in [0.29, 0.717) is 37.2 Å². The summed E-state index contributed by atoms with van der Waals surface area (Å²) in [6.07, 6.45) is -1.54. The fourth-order valence-corrected chi connectivity index (χ4v) is 4.44. The van der Waals surface area contributed by atoms with Crippen molar-refractivity contribution in [2.45, 2.75) is 116 Å². The number of hydrogen-bond donors (Lipinski definition) is 1. The van der Waals surface area contributed by atoms with Gasteiger partial charge in [-0.3, -0.25) is 19.2 Å². The number of carbonyl (C=O) groups excluding carboxylic acids is 4. The molecule has 0 bridgehead atoms. The van der Waals surface area contributed by atoms with Gasteiger partial charge in [-0.2, -0.15) is 0 Å². The molecule has 5 atom stereocenters. The van der Waals surface area contributed by atoms with Gasteiger partial charge in [-0.15, -0.1) is 0 Å². The minimum Gasteiger partial charge on any atom is -0.494 e. The summed E-state index contributed by atoms with van der Waals surface area (Å²) in [5.41, 5.74) is 4.95. The Hall–Kier alpha value is -3.09. The topological polar surface area (TPSA) is 150 Å². The Bertz CT molecular complexity index is 1050. The van der Waals surface area contributed by atoms with Gasteiger partial charge in [0.15, 0.2) is 30.4 Å². The van der Waals surface area contributed by atoms with Crippen LogP contribution < -0.4 is 10.5 Å². The highest BCUT2D eigenvalue weighted by molar-refractivity contribution is 5.89. The van der Waals surface area contributed by atoms with Crippen LogP contribution in [0.3, 0.4) is 0 Å². The lowest BCUT2D eigenvalue weighted by Crippen LogP contribution is -2.59. The van der Waals surface area contributed by atoms with Crippen LogP contribution in [0, 0.1) is 0 Å². The predicted octanol–water partition coefficient (Wildman–Crippen LogP) is 4.15. The molecule has 0 aliphatic carbocycles. The van der Waals surface area contributed by atoms with Crippen LogP contribution in [0.15, 0.2) is 24.3 Å². The number of alkyl halides is 1.